The van der Waals surface area contributed by atoms with E-state index in [4.69, 9.17) is 15.2 Å². The van der Waals surface area contributed by atoms with Gasteiger partial charge in [-0.15, -0.1) is 0 Å². The molecule has 1 aromatic carbocycles. The fourth-order valence-corrected chi connectivity index (χ4v) is 4.28. The molecule has 1 fully saturated rings. The molecule has 34 heavy (non-hydrogen) atoms. The first kappa shape index (κ1) is 24.1. The highest BCUT2D eigenvalue weighted by Gasteiger charge is 2.38. The first-order valence-corrected chi connectivity index (χ1v) is 11.9. The van der Waals surface area contributed by atoms with E-state index in [1.165, 1.54) is 0 Å². The van der Waals surface area contributed by atoms with E-state index in [1.54, 1.807) is 12.4 Å². The second-order valence-electron chi connectivity index (χ2n) is 9.80. The van der Waals surface area contributed by atoms with Gasteiger partial charge in [0, 0.05) is 57.2 Å². The molecule has 1 aliphatic rings. The van der Waals surface area contributed by atoms with Crippen LogP contribution in [0.15, 0.2) is 41.2 Å². The summed E-state index contributed by atoms with van der Waals surface area (Å²) in [5.41, 5.74) is 8.34. The Morgan fingerprint density at radius 2 is 1.68 bits per heavy atom. The summed E-state index contributed by atoms with van der Waals surface area (Å²) in [6.45, 7) is 12.5. The molecule has 1 atom stereocenters. The summed E-state index contributed by atoms with van der Waals surface area (Å²) in [5.74, 6) is 1.26. The summed E-state index contributed by atoms with van der Waals surface area (Å²) in [6, 6.07) is 9.04. The Balaban J connectivity index is 1.50. The van der Waals surface area contributed by atoms with Crippen molar-refractivity contribution in [1.29, 1.82) is 0 Å². The summed E-state index contributed by atoms with van der Waals surface area (Å²) in [6.07, 6.45) is 3.48. The standard InChI is InChI=1S/C25H36N8O/c1-18(2)25(3,21-8-6-19(7-9-21)20-16-27-23(26)28-17-20)22-29-24(34-30-22)33-14-12-32(13-15-33)11-10-31(4)5/h6-9,16-18H,10-15H2,1-5H3,(H2,26,27,28). The molecule has 0 saturated carbocycles. The summed E-state index contributed by atoms with van der Waals surface area (Å²) in [4.78, 5) is 20.0. The smallest absolute Gasteiger partial charge is 0.324 e. The summed E-state index contributed by atoms with van der Waals surface area (Å²) in [7, 11) is 4.23. The molecule has 182 valence electrons. The van der Waals surface area contributed by atoms with Crippen molar-refractivity contribution in [2.75, 3.05) is 64.0 Å². The van der Waals surface area contributed by atoms with Gasteiger partial charge in [-0.2, -0.15) is 4.98 Å². The van der Waals surface area contributed by atoms with Crippen LogP contribution in [-0.2, 0) is 5.41 Å². The van der Waals surface area contributed by atoms with Crippen molar-refractivity contribution in [3.8, 4) is 11.1 Å². The van der Waals surface area contributed by atoms with Crippen molar-refractivity contribution in [3.05, 3.63) is 48.0 Å². The Bertz CT molecular complexity index is 1060. The molecule has 1 saturated heterocycles. The number of hydrogen-bond donors (Lipinski definition) is 1. The molecule has 2 N–H and O–H groups in total. The highest BCUT2D eigenvalue weighted by molar-refractivity contribution is 5.62. The molecular formula is C25H36N8O. The zero-order valence-electron chi connectivity index (χ0n) is 20.9. The van der Waals surface area contributed by atoms with E-state index in [2.05, 4.69) is 89.0 Å². The average Bonchev–Trinajstić information content (AvgIpc) is 3.34. The molecular weight excluding hydrogens is 428 g/mol. The van der Waals surface area contributed by atoms with Crippen LogP contribution in [-0.4, -0.2) is 83.3 Å². The van der Waals surface area contributed by atoms with E-state index < -0.39 is 0 Å². The number of piperazine rings is 1. The number of nitrogens with two attached hydrogens (primary N) is 1. The van der Waals surface area contributed by atoms with Crippen LogP contribution in [0, 0.1) is 5.92 Å². The highest BCUT2D eigenvalue weighted by Crippen LogP contribution is 2.38. The second-order valence-corrected chi connectivity index (χ2v) is 9.80. The molecule has 0 spiro atoms. The molecule has 4 rings (SSSR count). The topological polar surface area (TPSA) is 100 Å². The third-order valence-electron chi connectivity index (χ3n) is 7.03. The van der Waals surface area contributed by atoms with Gasteiger partial charge in [-0.05, 0) is 38.1 Å². The minimum absolute atomic E-state index is 0.270. The van der Waals surface area contributed by atoms with Crippen molar-refractivity contribution in [1.82, 2.24) is 29.9 Å². The van der Waals surface area contributed by atoms with Crippen molar-refractivity contribution < 1.29 is 4.52 Å². The van der Waals surface area contributed by atoms with Crippen LogP contribution in [0.3, 0.4) is 0 Å². The third kappa shape index (κ3) is 5.05. The average molecular weight is 465 g/mol. The molecule has 1 aliphatic heterocycles. The molecule has 0 aliphatic carbocycles. The van der Waals surface area contributed by atoms with Crippen molar-refractivity contribution in [2.24, 2.45) is 5.92 Å². The van der Waals surface area contributed by atoms with E-state index >= 15 is 0 Å². The Morgan fingerprint density at radius 1 is 1.03 bits per heavy atom. The van der Waals surface area contributed by atoms with E-state index in [1.807, 2.05) is 0 Å². The number of nitrogen functional groups attached to an aromatic ring is 1. The quantitative estimate of drug-likeness (QED) is 0.539. The van der Waals surface area contributed by atoms with Gasteiger partial charge in [0.1, 0.15) is 0 Å². The van der Waals surface area contributed by atoms with Crippen molar-refractivity contribution in [2.45, 2.75) is 26.2 Å². The number of benzene rings is 1. The number of likely N-dealkylation sites (N-methyl/N-ethyl adjacent to an activating group) is 1. The van der Waals surface area contributed by atoms with Gasteiger partial charge in [0.15, 0.2) is 5.82 Å². The van der Waals surface area contributed by atoms with Gasteiger partial charge in [-0.3, -0.25) is 4.90 Å². The molecule has 3 aromatic rings. The van der Waals surface area contributed by atoms with Gasteiger partial charge in [-0.25, -0.2) is 9.97 Å². The maximum absolute atomic E-state index is 5.77. The molecule has 3 heterocycles. The Morgan fingerprint density at radius 3 is 2.26 bits per heavy atom. The lowest BCUT2D eigenvalue weighted by atomic mass is 9.72. The van der Waals surface area contributed by atoms with Crippen LogP contribution in [0.2, 0.25) is 0 Å². The predicted octanol–water partition coefficient (Wildman–Crippen LogP) is 2.75. The van der Waals surface area contributed by atoms with E-state index in [0.29, 0.717) is 6.01 Å². The number of anilines is 2. The highest BCUT2D eigenvalue weighted by atomic mass is 16.5. The van der Waals surface area contributed by atoms with Gasteiger partial charge >= 0.3 is 6.01 Å². The largest absolute Gasteiger partial charge is 0.368 e. The molecule has 1 unspecified atom stereocenters. The number of nitrogens with zero attached hydrogens (tertiary/aromatic N) is 7. The molecule has 9 heteroatoms. The summed E-state index contributed by atoms with van der Waals surface area (Å²) in [5, 5.41) is 4.45. The Labute approximate surface area is 202 Å². The van der Waals surface area contributed by atoms with Gasteiger partial charge in [-0.1, -0.05) is 43.3 Å². The van der Waals surface area contributed by atoms with Crippen LogP contribution >= 0.6 is 0 Å². The first-order valence-electron chi connectivity index (χ1n) is 11.9. The fraction of sp³-hybridized carbons (Fsp3) is 0.520. The first-order chi connectivity index (χ1) is 16.3. The van der Waals surface area contributed by atoms with E-state index in [-0.39, 0.29) is 17.3 Å². The monoisotopic (exact) mass is 464 g/mol. The summed E-state index contributed by atoms with van der Waals surface area (Å²) < 4.78 is 5.77. The predicted molar refractivity (Wildman–Crippen MR) is 135 cm³/mol. The maximum atomic E-state index is 5.77. The van der Waals surface area contributed by atoms with Gasteiger partial charge in [0.2, 0.25) is 5.95 Å². The minimum Gasteiger partial charge on any atom is -0.368 e. The van der Waals surface area contributed by atoms with Crippen LogP contribution in [0.1, 0.15) is 32.2 Å². The molecule has 9 nitrogen and oxygen atoms in total. The molecule has 0 amide bonds. The van der Waals surface area contributed by atoms with Crippen LogP contribution in [0.4, 0.5) is 12.0 Å². The second kappa shape index (κ2) is 10.1. The lowest BCUT2D eigenvalue weighted by Gasteiger charge is -2.34. The minimum atomic E-state index is -0.384. The van der Waals surface area contributed by atoms with E-state index in [9.17, 15) is 0 Å². The van der Waals surface area contributed by atoms with Crippen LogP contribution in [0.25, 0.3) is 11.1 Å². The summed E-state index contributed by atoms with van der Waals surface area (Å²) >= 11 is 0. The normalized spacial score (nSPS) is 16.9. The Hall–Kier alpha value is -3.04. The van der Waals surface area contributed by atoms with Crippen LogP contribution < -0.4 is 10.6 Å². The van der Waals surface area contributed by atoms with Gasteiger partial charge in [0.25, 0.3) is 0 Å². The van der Waals surface area contributed by atoms with Crippen LogP contribution in [0.5, 0.6) is 0 Å². The molecule has 2 aromatic heterocycles. The van der Waals surface area contributed by atoms with E-state index in [0.717, 1.165) is 61.8 Å². The fourth-order valence-electron chi connectivity index (χ4n) is 4.28. The zero-order chi connectivity index (χ0) is 24.3. The molecule has 0 radical (unpaired) electrons. The number of aromatic nitrogens is 4. The third-order valence-corrected chi connectivity index (χ3v) is 7.03. The number of hydrogen-bond acceptors (Lipinski definition) is 9. The number of rotatable bonds is 8. The lowest BCUT2D eigenvalue weighted by Crippen LogP contribution is -2.48. The SMILES string of the molecule is CC(C)C(C)(c1ccc(-c2cnc(N)nc2)cc1)c1noc(N2CCN(CCN(C)C)CC2)n1. The lowest BCUT2D eigenvalue weighted by molar-refractivity contribution is 0.224. The molecule has 0 bridgehead atoms. The maximum Gasteiger partial charge on any atom is 0.324 e. The Kier molecular flexibility index (Phi) is 7.13. The van der Waals surface area contributed by atoms with Crippen molar-refractivity contribution in [3.63, 3.8) is 0 Å². The van der Waals surface area contributed by atoms with Gasteiger partial charge < -0.3 is 20.1 Å². The zero-order valence-corrected chi connectivity index (χ0v) is 20.9. The van der Waals surface area contributed by atoms with Gasteiger partial charge in [0.05, 0.1) is 5.41 Å². The van der Waals surface area contributed by atoms with Crippen molar-refractivity contribution >= 4 is 12.0 Å².